The minimum Gasteiger partial charge on any atom is -0.329 e. The molecular weight excluding hydrogens is 284 g/mol. The molecule has 1 saturated heterocycles. The molecule has 6 heteroatoms. The number of carbonyl (C=O) groups excluding carboxylic acids is 4. The maximum absolute atomic E-state index is 12.4. The highest BCUT2D eigenvalue weighted by Crippen LogP contribution is 2.16. The summed E-state index contributed by atoms with van der Waals surface area (Å²) in [6.07, 6.45) is 4.76. The number of nitrogens with zero attached hydrogens (tertiary/aromatic N) is 1. The number of carbonyl (C=O) groups is 4. The van der Waals surface area contributed by atoms with Gasteiger partial charge >= 0.3 is 0 Å². The van der Waals surface area contributed by atoms with Gasteiger partial charge in [-0.15, -0.1) is 0 Å². The highest BCUT2D eigenvalue weighted by molar-refractivity contribution is 6.10. The maximum atomic E-state index is 12.4. The molecule has 1 N–H and O–H groups in total. The summed E-state index contributed by atoms with van der Waals surface area (Å²) >= 11 is 0. The summed E-state index contributed by atoms with van der Waals surface area (Å²) in [5.41, 5.74) is 0.332. The lowest BCUT2D eigenvalue weighted by Crippen LogP contribution is -2.42. The first-order valence-electron chi connectivity index (χ1n) is 7.01. The molecule has 0 aromatic heterocycles. The van der Waals surface area contributed by atoms with Crippen molar-refractivity contribution in [2.24, 2.45) is 0 Å². The molecule has 0 aliphatic carbocycles. The van der Waals surface area contributed by atoms with Crippen molar-refractivity contribution >= 4 is 24.0 Å². The molecule has 120 valence electrons. The van der Waals surface area contributed by atoms with Gasteiger partial charge in [0, 0.05) is 18.2 Å². The minimum atomic E-state index is -0.854. The highest BCUT2D eigenvalue weighted by atomic mass is 16.2. The third kappa shape index (κ3) is 4.51. The zero-order valence-corrected chi connectivity index (χ0v) is 13.4. The van der Waals surface area contributed by atoms with E-state index in [1.54, 1.807) is 6.92 Å². The lowest BCUT2D eigenvalue weighted by atomic mass is 10.0. The lowest BCUT2D eigenvalue weighted by Gasteiger charge is -2.23. The quantitative estimate of drug-likeness (QED) is 0.357. The van der Waals surface area contributed by atoms with Crippen molar-refractivity contribution in [3.8, 4) is 0 Å². The Morgan fingerprint density at radius 3 is 2.32 bits per heavy atom. The monoisotopic (exact) mass is 306 g/mol. The van der Waals surface area contributed by atoms with Gasteiger partial charge in [0.25, 0.3) is 5.91 Å². The van der Waals surface area contributed by atoms with Gasteiger partial charge in [0.1, 0.15) is 6.04 Å². The zero-order chi connectivity index (χ0) is 17.3. The number of aldehydes is 1. The van der Waals surface area contributed by atoms with E-state index in [2.05, 4.69) is 11.9 Å². The molecule has 6 nitrogen and oxygen atoms in total. The Morgan fingerprint density at radius 2 is 1.95 bits per heavy atom. The normalized spacial score (nSPS) is 18.1. The SMILES string of the molecule is C=C/C=C(C(=O)N(C)C1CC(=O)NC1=O)\C(C=O)=C/C.CC. The first kappa shape index (κ1) is 19.5. The summed E-state index contributed by atoms with van der Waals surface area (Å²) in [5.74, 6) is -1.45. The third-order valence-corrected chi connectivity index (χ3v) is 3.00. The molecule has 1 aliphatic heterocycles. The Kier molecular flexibility index (Phi) is 8.37. The average molecular weight is 306 g/mol. The van der Waals surface area contributed by atoms with Crippen LogP contribution in [0.15, 0.2) is 36.0 Å². The number of hydrogen-bond donors (Lipinski definition) is 1. The van der Waals surface area contributed by atoms with Crippen molar-refractivity contribution in [1.82, 2.24) is 10.2 Å². The van der Waals surface area contributed by atoms with Crippen LogP contribution in [0.5, 0.6) is 0 Å². The van der Waals surface area contributed by atoms with E-state index < -0.39 is 23.8 Å². The number of likely N-dealkylation sites (N-methyl/N-ethyl adjacent to an activating group) is 1. The maximum Gasteiger partial charge on any atom is 0.255 e. The van der Waals surface area contributed by atoms with Crippen molar-refractivity contribution in [1.29, 1.82) is 0 Å². The minimum absolute atomic E-state index is 0.0747. The molecule has 1 rings (SSSR count). The van der Waals surface area contributed by atoms with E-state index in [0.29, 0.717) is 6.29 Å². The molecule has 1 atom stereocenters. The fourth-order valence-corrected chi connectivity index (χ4v) is 1.88. The van der Waals surface area contributed by atoms with Crippen molar-refractivity contribution in [3.63, 3.8) is 0 Å². The first-order chi connectivity index (χ1) is 10.5. The van der Waals surface area contributed by atoms with Gasteiger partial charge in [-0.2, -0.15) is 0 Å². The van der Waals surface area contributed by atoms with Gasteiger partial charge in [-0.3, -0.25) is 24.5 Å². The van der Waals surface area contributed by atoms with E-state index in [0.717, 1.165) is 4.90 Å². The van der Waals surface area contributed by atoms with Gasteiger partial charge < -0.3 is 4.90 Å². The van der Waals surface area contributed by atoms with Crippen molar-refractivity contribution < 1.29 is 19.2 Å². The van der Waals surface area contributed by atoms with E-state index in [4.69, 9.17) is 0 Å². The van der Waals surface area contributed by atoms with Gasteiger partial charge in [-0.25, -0.2) is 0 Å². The molecule has 0 radical (unpaired) electrons. The fourth-order valence-electron chi connectivity index (χ4n) is 1.88. The molecule has 1 heterocycles. The summed E-state index contributed by atoms with van der Waals surface area (Å²) in [7, 11) is 1.42. The van der Waals surface area contributed by atoms with Crippen LogP contribution in [0.2, 0.25) is 0 Å². The van der Waals surface area contributed by atoms with Crippen LogP contribution in [0, 0.1) is 0 Å². The lowest BCUT2D eigenvalue weighted by molar-refractivity contribution is -0.134. The van der Waals surface area contributed by atoms with Crippen molar-refractivity contribution in [2.45, 2.75) is 33.2 Å². The van der Waals surface area contributed by atoms with Crippen LogP contribution in [0.25, 0.3) is 0 Å². The Balaban J connectivity index is 0.00000211. The van der Waals surface area contributed by atoms with E-state index in [9.17, 15) is 19.2 Å². The van der Waals surface area contributed by atoms with Crippen LogP contribution >= 0.6 is 0 Å². The summed E-state index contributed by atoms with van der Waals surface area (Å²) < 4.78 is 0. The summed E-state index contributed by atoms with van der Waals surface area (Å²) in [5, 5.41) is 2.14. The number of allylic oxidation sites excluding steroid dienone is 3. The number of imide groups is 1. The van der Waals surface area contributed by atoms with Crippen LogP contribution in [0.4, 0.5) is 0 Å². The Hall–Kier alpha value is -2.50. The summed E-state index contributed by atoms with van der Waals surface area (Å²) in [4.78, 5) is 47.2. The average Bonchev–Trinajstić information content (AvgIpc) is 2.86. The van der Waals surface area contributed by atoms with Gasteiger partial charge in [0.15, 0.2) is 6.29 Å². The van der Waals surface area contributed by atoms with E-state index in [1.165, 1.54) is 25.3 Å². The van der Waals surface area contributed by atoms with Gasteiger partial charge in [0.2, 0.25) is 11.8 Å². The molecule has 1 fully saturated rings. The Morgan fingerprint density at radius 1 is 1.36 bits per heavy atom. The molecule has 0 aromatic carbocycles. The van der Waals surface area contributed by atoms with Crippen molar-refractivity contribution in [3.05, 3.63) is 36.0 Å². The summed E-state index contributed by atoms with van der Waals surface area (Å²) in [6, 6.07) is -0.854. The van der Waals surface area contributed by atoms with Crippen LogP contribution in [0.1, 0.15) is 27.2 Å². The standard InChI is InChI=1S/C14H16N2O4.C2H6/c1-4-6-10(9(5-2)8-17)14(20)16(3)11-7-12(18)15-13(11)19;1-2/h4-6,8,11H,1,7H2,2-3H3,(H,15,18,19);1-2H3/b9-5-,10-6+;. The largest absolute Gasteiger partial charge is 0.329 e. The van der Waals surface area contributed by atoms with E-state index in [1.807, 2.05) is 13.8 Å². The Bertz CT molecular complexity index is 532. The van der Waals surface area contributed by atoms with E-state index in [-0.39, 0.29) is 17.6 Å². The fraction of sp³-hybridized carbons (Fsp3) is 0.375. The van der Waals surface area contributed by atoms with Crippen LogP contribution in [0.3, 0.4) is 0 Å². The topological polar surface area (TPSA) is 83.6 Å². The molecular formula is C16H22N2O4. The van der Waals surface area contributed by atoms with Crippen molar-refractivity contribution in [2.75, 3.05) is 7.05 Å². The Labute approximate surface area is 130 Å². The number of nitrogens with one attached hydrogen (secondary N) is 1. The molecule has 0 saturated carbocycles. The number of hydrogen-bond acceptors (Lipinski definition) is 4. The molecule has 1 aliphatic rings. The molecule has 0 bridgehead atoms. The van der Waals surface area contributed by atoms with Crippen LogP contribution in [-0.2, 0) is 19.2 Å². The van der Waals surface area contributed by atoms with Gasteiger partial charge in [0.05, 0.1) is 6.42 Å². The number of amides is 3. The third-order valence-electron chi connectivity index (χ3n) is 3.00. The predicted molar refractivity (Wildman–Crippen MR) is 83.8 cm³/mol. The first-order valence-corrected chi connectivity index (χ1v) is 7.01. The second kappa shape index (κ2) is 9.44. The molecule has 1 unspecified atom stereocenters. The molecule has 0 spiro atoms. The van der Waals surface area contributed by atoms with Gasteiger partial charge in [-0.05, 0) is 13.0 Å². The van der Waals surface area contributed by atoms with Crippen LogP contribution < -0.4 is 5.32 Å². The molecule has 3 amide bonds. The molecule has 0 aromatic rings. The second-order valence-corrected chi connectivity index (χ2v) is 4.23. The summed E-state index contributed by atoms with van der Waals surface area (Å²) in [6.45, 7) is 9.12. The second-order valence-electron chi connectivity index (χ2n) is 4.23. The number of rotatable bonds is 5. The smallest absolute Gasteiger partial charge is 0.255 e. The predicted octanol–water partition coefficient (Wildman–Crippen LogP) is 1.14. The van der Waals surface area contributed by atoms with E-state index >= 15 is 0 Å². The van der Waals surface area contributed by atoms with Crippen LogP contribution in [-0.4, -0.2) is 42.0 Å². The van der Waals surface area contributed by atoms with Gasteiger partial charge in [-0.1, -0.05) is 32.6 Å². The zero-order valence-electron chi connectivity index (χ0n) is 13.4. The molecule has 22 heavy (non-hydrogen) atoms. The highest BCUT2D eigenvalue weighted by Gasteiger charge is 2.36.